The van der Waals surface area contributed by atoms with Crippen LogP contribution in [-0.4, -0.2) is 5.11 Å². The lowest BCUT2D eigenvalue weighted by Gasteiger charge is -2.12. The van der Waals surface area contributed by atoms with Gasteiger partial charge in [0.2, 0.25) is 0 Å². The van der Waals surface area contributed by atoms with Crippen LogP contribution in [0.15, 0.2) is 18.2 Å². The maximum atomic E-state index is 9.84. The first-order chi connectivity index (χ1) is 7.15. The molecule has 1 aromatic rings. The van der Waals surface area contributed by atoms with E-state index in [-0.39, 0.29) is 0 Å². The highest BCUT2D eigenvalue weighted by Crippen LogP contribution is 2.28. The number of halogens is 2. The van der Waals surface area contributed by atoms with Gasteiger partial charge in [0.05, 0.1) is 6.10 Å². The normalized spacial score (nSPS) is 12.1. The second-order valence-corrected chi connectivity index (χ2v) is 4.12. The zero-order valence-corrected chi connectivity index (χ0v) is 9.72. The van der Waals surface area contributed by atoms with Gasteiger partial charge in [0.15, 0.2) is 0 Å². The van der Waals surface area contributed by atoms with Crippen LogP contribution in [0.3, 0.4) is 0 Å². The van der Waals surface area contributed by atoms with Crippen LogP contribution >= 0.6 is 23.2 Å². The third-order valence-corrected chi connectivity index (χ3v) is 2.70. The highest BCUT2D eigenvalue weighted by molar-refractivity contribution is 6.33. The minimum Gasteiger partial charge on any atom is -0.388 e. The number of rotatable bonds is 4. The van der Waals surface area contributed by atoms with Crippen molar-refractivity contribution in [2.75, 3.05) is 0 Å². The summed E-state index contributed by atoms with van der Waals surface area (Å²) < 4.78 is 0. The Morgan fingerprint density at radius 1 is 1.40 bits per heavy atom. The fraction of sp³-hybridized carbons (Fsp3) is 0.333. The summed E-state index contributed by atoms with van der Waals surface area (Å²) in [5, 5.41) is 11.0. The van der Waals surface area contributed by atoms with Crippen molar-refractivity contribution in [3.63, 3.8) is 0 Å². The molecule has 15 heavy (non-hydrogen) atoms. The topological polar surface area (TPSA) is 20.2 Å². The average molecular weight is 243 g/mol. The number of unbranched alkanes of at least 4 members (excludes halogenated alkanes) is 1. The number of benzene rings is 1. The Bertz CT molecular complexity index is 368. The summed E-state index contributed by atoms with van der Waals surface area (Å²) >= 11 is 11.8. The van der Waals surface area contributed by atoms with Crippen LogP contribution in [-0.2, 0) is 0 Å². The maximum absolute atomic E-state index is 9.84. The van der Waals surface area contributed by atoms with Gasteiger partial charge < -0.3 is 5.11 Å². The van der Waals surface area contributed by atoms with E-state index >= 15 is 0 Å². The van der Waals surface area contributed by atoms with Crippen molar-refractivity contribution in [3.05, 3.63) is 33.8 Å². The minimum atomic E-state index is -0.593. The zero-order chi connectivity index (χ0) is 11.3. The van der Waals surface area contributed by atoms with Crippen molar-refractivity contribution < 1.29 is 5.11 Å². The molecule has 1 unspecified atom stereocenters. The number of aliphatic hydroxyl groups excluding tert-OH is 1. The SMILES string of the molecule is C#CCCCC(O)c1cc(Cl)ccc1Cl. The van der Waals surface area contributed by atoms with Crippen LogP contribution in [0, 0.1) is 12.3 Å². The predicted octanol–water partition coefficient (Wildman–Crippen LogP) is 3.83. The summed E-state index contributed by atoms with van der Waals surface area (Å²) in [4.78, 5) is 0. The predicted molar refractivity (Wildman–Crippen MR) is 64.1 cm³/mol. The number of aliphatic hydroxyl groups is 1. The Hall–Kier alpha value is -0.680. The summed E-state index contributed by atoms with van der Waals surface area (Å²) in [7, 11) is 0. The summed E-state index contributed by atoms with van der Waals surface area (Å²) in [6.45, 7) is 0. The lowest BCUT2D eigenvalue weighted by atomic mass is 10.0. The highest BCUT2D eigenvalue weighted by atomic mass is 35.5. The molecule has 0 fully saturated rings. The molecule has 3 heteroatoms. The molecule has 0 aliphatic heterocycles. The van der Waals surface area contributed by atoms with E-state index in [9.17, 15) is 5.11 Å². The smallest absolute Gasteiger partial charge is 0.0805 e. The molecular weight excluding hydrogens is 231 g/mol. The third-order valence-electron chi connectivity index (χ3n) is 2.12. The lowest BCUT2D eigenvalue weighted by Crippen LogP contribution is -1.98. The van der Waals surface area contributed by atoms with E-state index in [0.29, 0.717) is 28.5 Å². The van der Waals surface area contributed by atoms with E-state index in [2.05, 4.69) is 5.92 Å². The Morgan fingerprint density at radius 2 is 2.13 bits per heavy atom. The van der Waals surface area contributed by atoms with Crippen molar-refractivity contribution >= 4 is 23.2 Å². The summed E-state index contributed by atoms with van der Waals surface area (Å²) in [6, 6.07) is 5.07. The number of hydrogen-bond acceptors (Lipinski definition) is 1. The molecule has 1 N–H and O–H groups in total. The first-order valence-electron chi connectivity index (χ1n) is 4.71. The Kier molecular flexibility index (Phi) is 4.98. The van der Waals surface area contributed by atoms with Gasteiger partial charge in [0, 0.05) is 22.0 Å². The summed E-state index contributed by atoms with van der Waals surface area (Å²) in [5.74, 6) is 2.53. The van der Waals surface area contributed by atoms with Gasteiger partial charge in [-0.1, -0.05) is 23.2 Å². The lowest BCUT2D eigenvalue weighted by molar-refractivity contribution is 0.165. The van der Waals surface area contributed by atoms with E-state index in [1.165, 1.54) is 0 Å². The van der Waals surface area contributed by atoms with Gasteiger partial charge in [-0.25, -0.2) is 0 Å². The second kappa shape index (κ2) is 6.02. The minimum absolute atomic E-state index is 0.535. The van der Waals surface area contributed by atoms with Gasteiger partial charge in [-0.05, 0) is 31.0 Å². The quantitative estimate of drug-likeness (QED) is 0.629. The fourth-order valence-corrected chi connectivity index (χ4v) is 1.75. The molecule has 0 radical (unpaired) electrons. The molecule has 1 atom stereocenters. The van der Waals surface area contributed by atoms with Crippen LogP contribution < -0.4 is 0 Å². The first kappa shape index (κ1) is 12.4. The Balaban J connectivity index is 2.69. The van der Waals surface area contributed by atoms with E-state index in [1.807, 2.05) is 0 Å². The molecule has 80 valence electrons. The molecular formula is C12H12Cl2O. The van der Waals surface area contributed by atoms with Crippen molar-refractivity contribution in [3.8, 4) is 12.3 Å². The van der Waals surface area contributed by atoms with Gasteiger partial charge in [-0.3, -0.25) is 0 Å². The van der Waals surface area contributed by atoms with Crippen molar-refractivity contribution in [2.24, 2.45) is 0 Å². The molecule has 0 saturated heterocycles. The number of hydrogen-bond donors (Lipinski definition) is 1. The van der Waals surface area contributed by atoms with Crippen LogP contribution in [0.4, 0.5) is 0 Å². The monoisotopic (exact) mass is 242 g/mol. The first-order valence-corrected chi connectivity index (χ1v) is 5.47. The van der Waals surface area contributed by atoms with Crippen molar-refractivity contribution in [2.45, 2.75) is 25.4 Å². The average Bonchev–Trinajstić information content (AvgIpc) is 2.22. The van der Waals surface area contributed by atoms with Crippen molar-refractivity contribution in [1.29, 1.82) is 0 Å². The largest absolute Gasteiger partial charge is 0.388 e. The molecule has 0 saturated carbocycles. The zero-order valence-electron chi connectivity index (χ0n) is 8.21. The summed E-state index contributed by atoms with van der Waals surface area (Å²) in [5.41, 5.74) is 0.668. The van der Waals surface area contributed by atoms with Crippen LogP contribution in [0.1, 0.15) is 30.9 Å². The molecule has 1 rings (SSSR count). The molecule has 0 spiro atoms. The second-order valence-electron chi connectivity index (χ2n) is 3.28. The standard InChI is InChI=1S/C12H12Cl2O/c1-2-3-4-5-12(15)10-8-9(13)6-7-11(10)14/h1,6-8,12,15H,3-5H2. The Labute approximate surface area is 100 Å². The van der Waals surface area contributed by atoms with E-state index in [0.717, 1.165) is 6.42 Å². The molecule has 1 nitrogen and oxygen atoms in total. The fourth-order valence-electron chi connectivity index (χ4n) is 1.32. The Morgan fingerprint density at radius 3 is 2.80 bits per heavy atom. The van der Waals surface area contributed by atoms with Gasteiger partial charge in [0.1, 0.15) is 0 Å². The molecule has 0 aromatic heterocycles. The molecule has 1 aromatic carbocycles. The van der Waals surface area contributed by atoms with Gasteiger partial charge in [0.25, 0.3) is 0 Å². The van der Waals surface area contributed by atoms with Gasteiger partial charge >= 0.3 is 0 Å². The van der Waals surface area contributed by atoms with Crippen molar-refractivity contribution in [1.82, 2.24) is 0 Å². The van der Waals surface area contributed by atoms with Gasteiger partial charge in [-0.15, -0.1) is 12.3 Å². The molecule has 0 bridgehead atoms. The third kappa shape index (κ3) is 3.76. The van der Waals surface area contributed by atoms with Crippen LogP contribution in [0.5, 0.6) is 0 Å². The molecule has 0 amide bonds. The van der Waals surface area contributed by atoms with E-state index in [1.54, 1.807) is 18.2 Å². The van der Waals surface area contributed by atoms with Crippen LogP contribution in [0.2, 0.25) is 10.0 Å². The van der Waals surface area contributed by atoms with Crippen LogP contribution in [0.25, 0.3) is 0 Å². The summed E-state index contributed by atoms with van der Waals surface area (Å²) in [6.07, 6.45) is 6.58. The van der Waals surface area contributed by atoms with Gasteiger partial charge in [-0.2, -0.15) is 0 Å². The molecule has 0 aliphatic rings. The van der Waals surface area contributed by atoms with E-state index in [4.69, 9.17) is 29.6 Å². The number of terminal acetylenes is 1. The molecule has 0 heterocycles. The highest BCUT2D eigenvalue weighted by Gasteiger charge is 2.11. The maximum Gasteiger partial charge on any atom is 0.0805 e. The van der Waals surface area contributed by atoms with E-state index < -0.39 is 6.10 Å². The molecule has 0 aliphatic carbocycles.